The Balaban J connectivity index is 1.52. The van der Waals surface area contributed by atoms with Crippen molar-refractivity contribution in [2.24, 2.45) is 5.92 Å². The van der Waals surface area contributed by atoms with Crippen LogP contribution in [0.15, 0.2) is 24.3 Å². The minimum Gasteiger partial charge on any atom is -0.379 e. The normalized spacial score (nSPS) is 25.2. The quantitative estimate of drug-likeness (QED) is 0.808. The fourth-order valence-corrected chi connectivity index (χ4v) is 4.97. The third kappa shape index (κ3) is 4.76. The fraction of sp³-hybridized carbons (Fsp3) is 0.684. The van der Waals surface area contributed by atoms with Crippen molar-refractivity contribution >= 4 is 15.7 Å². The number of hydrogen-bond donors (Lipinski definition) is 1. The van der Waals surface area contributed by atoms with Gasteiger partial charge in [-0.15, -0.1) is 0 Å². The molecule has 1 aromatic rings. The average Bonchev–Trinajstić information content (AvgIpc) is 3.01. The zero-order chi connectivity index (χ0) is 18.7. The van der Waals surface area contributed by atoms with Crippen molar-refractivity contribution < 1.29 is 13.2 Å². The maximum Gasteiger partial charge on any atom is 0.214 e. The summed E-state index contributed by atoms with van der Waals surface area (Å²) in [6.07, 6.45) is 2.13. The SMILES string of the molecule is Cc1cccc(N2CCC(N[C@H]3COC[C@H]3CS(=O)(=O)N(C)C)CC2)c1. The Labute approximate surface area is 157 Å². The van der Waals surface area contributed by atoms with Crippen LogP contribution in [-0.4, -0.2) is 71.0 Å². The van der Waals surface area contributed by atoms with E-state index in [2.05, 4.69) is 41.4 Å². The van der Waals surface area contributed by atoms with Gasteiger partial charge in [0.2, 0.25) is 10.0 Å². The number of ether oxygens (including phenoxy) is 1. The number of nitrogens with zero attached hydrogens (tertiary/aromatic N) is 2. The van der Waals surface area contributed by atoms with Crippen LogP contribution < -0.4 is 10.2 Å². The first-order valence-corrected chi connectivity index (χ1v) is 11.0. The van der Waals surface area contributed by atoms with E-state index in [9.17, 15) is 8.42 Å². The van der Waals surface area contributed by atoms with Crippen molar-refractivity contribution in [1.29, 1.82) is 0 Å². The summed E-state index contributed by atoms with van der Waals surface area (Å²) in [4.78, 5) is 2.43. The number of benzene rings is 1. The van der Waals surface area contributed by atoms with Gasteiger partial charge in [-0.2, -0.15) is 0 Å². The molecule has 3 rings (SSSR count). The van der Waals surface area contributed by atoms with Gasteiger partial charge in [0.25, 0.3) is 0 Å². The van der Waals surface area contributed by atoms with Crippen LogP contribution in [0.4, 0.5) is 5.69 Å². The number of sulfonamides is 1. The third-order valence-corrected chi connectivity index (χ3v) is 7.45. The topological polar surface area (TPSA) is 61.9 Å². The highest BCUT2D eigenvalue weighted by Crippen LogP contribution is 2.23. The van der Waals surface area contributed by atoms with Crippen molar-refractivity contribution in [3.8, 4) is 0 Å². The first-order chi connectivity index (χ1) is 12.3. The molecule has 0 aliphatic carbocycles. The number of rotatable bonds is 6. The minimum absolute atomic E-state index is 0.0252. The average molecular weight is 382 g/mol. The van der Waals surface area contributed by atoms with Gasteiger partial charge < -0.3 is 15.0 Å². The molecule has 0 aromatic heterocycles. The predicted octanol–water partition coefficient (Wildman–Crippen LogP) is 1.46. The lowest BCUT2D eigenvalue weighted by atomic mass is 9.99. The molecule has 2 saturated heterocycles. The Hall–Kier alpha value is -1.15. The van der Waals surface area contributed by atoms with Gasteiger partial charge in [-0.1, -0.05) is 12.1 Å². The number of anilines is 1. The van der Waals surface area contributed by atoms with Crippen molar-refractivity contribution in [3.63, 3.8) is 0 Å². The van der Waals surface area contributed by atoms with E-state index in [0.717, 1.165) is 25.9 Å². The molecule has 146 valence electrons. The molecule has 0 amide bonds. The molecule has 0 spiro atoms. The largest absolute Gasteiger partial charge is 0.379 e. The summed E-state index contributed by atoms with van der Waals surface area (Å²) < 4.78 is 31.3. The minimum atomic E-state index is -3.20. The Morgan fingerprint density at radius 2 is 1.96 bits per heavy atom. The predicted molar refractivity (Wildman–Crippen MR) is 105 cm³/mol. The lowest BCUT2D eigenvalue weighted by Crippen LogP contribution is -2.49. The molecule has 0 unspecified atom stereocenters. The summed E-state index contributed by atoms with van der Waals surface area (Å²) in [6.45, 7) is 5.29. The van der Waals surface area contributed by atoms with Gasteiger partial charge in [-0.3, -0.25) is 0 Å². The standard InChI is InChI=1S/C19H31N3O3S/c1-15-5-4-6-18(11-15)22-9-7-17(8-10-22)20-19-13-25-12-16(19)14-26(23,24)21(2)3/h4-6,11,16-17,19-20H,7-10,12-14H2,1-3H3/t16-,19-/m0/s1. The zero-order valence-electron chi connectivity index (χ0n) is 16.0. The van der Waals surface area contributed by atoms with Crippen molar-refractivity contribution in [3.05, 3.63) is 29.8 Å². The summed E-state index contributed by atoms with van der Waals surface area (Å²) in [5, 5.41) is 3.68. The molecule has 2 heterocycles. The lowest BCUT2D eigenvalue weighted by molar-refractivity contribution is 0.182. The van der Waals surface area contributed by atoms with Crippen LogP contribution in [0.25, 0.3) is 0 Å². The number of hydrogen-bond acceptors (Lipinski definition) is 5. The Bertz CT molecular complexity index is 700. The second kappa shape index (κ2) is 8.25. The zero-order valence-corrected chi connectivity index (χ0v) is 16.8. The molecule has 2 fully saturated rings. The van der Waals surface area contributed by atoms with Crippen LogP contribution in [0.5, 0.6) is 0 Å². The summed E-state index contributed by atoms with van der Waals surface area (Å²) in [7, 11) is -0.0154. The van der Waals surface area contributed by atoms with Gasteiger partial charge in [-0.25, -0.2) is 12.7 Å². The number of nitrogens with one attached hydrogen (secondary N) is 1. The third-order valence-electron chi connectivity index (χ3n) is 5.49. The van der Waals surface area contributed by atoms with Gasteiger partial charge in [0.05, 0.1) is 19.0 Å². The highest BCUT2D eigenvalue weighted by molar-refractivity contribution is 7.89. The Morgan fingerprint density at radius 3 is 2.62 bits per heavy atom. The van der Waals surface area contributed by atoms with Crippen LogP contribution in [-0.2, 0) is 14.8 Å². The van der Waals surface area contributed by atoms with E-state index in [0.29, 0.717) is 19.3 Å². The smallest absolute Gasteiger partial charge is 0.214 e. The second-order valence-corrected chi connectivity index (χ2v) is 9.96. The molecule has 0 radical (unpaired) electrons. The highest BCUT2D eigenvalue weighted by Gasteiger charge is 2.34. The fourth-order valence-electron chi connectivity index (χ4n) is 3.80. The van der Waals surface area contributed by atoms with E-state index in [4.69, 9.17) is 4.74 Å². The van der Waals surface area contributed by atoms with E-state index in [-0.39, 0.29) is 17.7 Å². The molecule has 7 heteroatoms. The lowest BCUT2D eigenvalue weighted by Gasteiger charge is -2.36. The van der Waals surface area contributed by atoms with Crippen LogP contribution in [0.2, 0.25) is 0 Å². The van der Waals surface area contributed by atoms with E-state index >= 15 is 0 Å². The van der Waals surface area contributed by atoms with Gasteiger partial charge in [0.1, 0.15) is 0 Å². The van der Waals surface area contributed by atoms with Crippen LogP contribution in [0.1, 0.15) is 18.4 Å². The van der Waals surface area contributed by atoms with E-state index < -0.39 is 10.0 Å². The van der Waals surface area contributed by atoms with Crippen LogP contribution in [0.3, 0.4) is 0 Å². The first-order valence-electron chi connectivity index (χ1n) is 9.41. The van der Waals surface area contributed by atoms with Crippen molar-refractivity contribution in [1.82, 2.24) is 9.62 Å². The van der Waals surface area contributed by atoms with Gasteiger partial charge in [0, 0.05) is 50.9 Å². The maximum absolute atomic E-state index is 12.2. The molecular formula is C19H31N3O3S. The Morgan fingerprint density at radius 1 is 1.23 bits per heavy atom. The molecule has 26 heavy (non-hydrogen) atoms. The highest BCUT2D eigenvalue weighted by atomic mass is 32.2. The summed E-state index contributed by atoms with van der Waals surface area (Å²) >= 11 is 0. The molecule has 1 aromatic carbocycles. The van der Waals surface area contributed by atoms with E-state index in [1.165, 1.54) is 15.6 Å². The molecule has 1 N–H and O–H groups in total. The molecule has 2 aliphatic heterocycles. The van der Waals surface area contributed by atoms with Gasteiger partial charge in [0.15, 0.2) is 0 Å². The monoisotopic (exact) mass is 381 g/mol. The summed E-state index contributed by atoms with van der Waals surface area (Å²) in [5.74, 6) is 0.178. The molecule has 0 bridgehead atoms. The van der Waals surface area contributed by atoms with Crippen molar-refractivity contribution in [2.75, 3.05) is 51.1 Å². The van der Waals surface area contributed by atoms with E-state index in [1.54, 1.807) is 14.1 Å². The van der Waals surface area contributed by atoms with Crippen molar-refractivity contribution in [2.45, 2.75) is 31.8 Å². The number of piperidine rings is 1. The van der Waals surface area contributed by atoms with Crippen LogP contribution in [0, 0.1) is 12.8 Å². The molecule has 0 saturated carbocycles. The van der Waals surface area contributed by atoms with Gasteiger partial charge >= 0.3 is 0 Å². The molecule has 2 aliphatic rings. The molecular weight excluding hydrogens is 350 g/mol. The Kier molecular flexibility index (Phi) is 6.22. The summed E-state index contributed by atoms with van der Waals surface area (Å²) in [5.41, 5.74) is 2.58. The van der Waals surface area contributed by atoms with Crippen LogP contribution >= 0.6 is 0 Å². The van der Waals surface area contributed by atoms with E-state index in [1.807, 2.05) is 0 Å². The molecule has 6 nitrogen and oxygen atoms in total. The van der Waals surface area contributed by atoms with Gasteiger partial charge in [-0.05, 0) is 37.5 Å². The summed E-state index contributed by atoms with van der Waals surface area (Å²) in [6, 6.07) is 9.20. The number of aryl methyl sites for hydroxylation is 1. The second-order valence-electron chi connectivity index (χ2n) is 7.73. The first kappa shape index (κ1) is 19.6. The maximum atomic E-state index is 12.2. The molecule has 2 atom stereocenters.